The molecule has 3 aliphatic rings. The molecular weight excluding hydrogens is 482 g/mol. The number of nitrogens with one attached hydrogen (secondary N) is 2. The van der Waals surface area contributed by atoms with Crippen molar-refractivity contribution in [2.45, 2.75) is 55.1 Å². The third-order valence-electron chi connectivity index (χ3n) is 7.07. The van der Waals surface area contributed by atoms with Gasteiger partial charge in [0, 0.05) is 37.0 Å². The highest BCUT2D eigenvalue weighted by molar-refractivity contribution is 7.93. The quantitative estimate of drug-likeness (QED) is 0.434. The van der Waals surface area contributed by atoms with Gasteiger partial charge in [-0.2, -0.15) is 0 Å². The molecule has 2 amide bonds. The molecule has 0 bridgehead atoms. The number of amides is 2. The first-order chi connectivity index (χ1) is 17.3. The van der Waals surface area contributed by atoms with E-state index in [0.29, 0.717) is 68.6 Å². The Morgan fingerprint density at radius 2 is 1.97 bits per heavy atom. The molecule has 2 aromatic rings. The van der Waals surface area contributed by atoms with Gasteiger partial charge < -0.3 is 25.4 Å². The van der Waals surface area contributed by atoms with Gasteiger partial charge >= 0.3 is 6.03 Å². The maximum Gasteiger partial charge on any atom is 0.319 e. The number of nitrogens with zero attached hydrogens (tertiary/aromatic N) is 3. The Bertz CT molecular complexity index is 1210. The van der Waals surface area contributed by atoms with Gasteiger partial charge in [-0.15, -0.1) is 0 Å². The minimum absolute atomic E-state index is 0.0164. The minimum atomic E-state index is -3.30. The van der Waals surface area contributed by atoms with Gasteiger partial charge in [-0.25, -0.2) is 23.2 Å². The normalized spacial score (nSPS) is 21.2. The zero-order valence-electron chi connectivity index (χ0n) is 20.4. The van der Waals surface area contributed by atoms with Gasteiger partial charge in [0.25, 0.3) is 0 Å². The van der Waals surface area contributed by atoms with Crippen LogP contribution in [0.25, 0.3) is 11.4 Å². The van der Waals surface area contributed by atoms with E-state index in [1.165, 1.54) is 0 Å². The van der Waals surface area contributed by atoms with E-state index in [1.807, 2.05) is 18.2 Å². The van der Waals surface area contributed by atoms with E-state index in [4.69, 9.17) is 19.8 Å². The maximum atomic E-state index is 13.4. The molecule has 1 aromatic carbocycles. The maximum absolute atomic E-state index is 13.4. The molecule has 11 heteroatoms. The fourth-order valence-corrected chi connectivity index (χ4v) is 7.13. The van der Waals surface area contributed by atoms with Crippen molar-refractivity contribution in [1.82, 2.24) is 15.3 Å². The van der Waals surface area contributed by atoms with Crippen molar-refractivity contribution < 1.29 is 23.1 Å². The largest absolute Gasteiger partial charge is 0.396 e. The molecule has 1 aliphatic heterocycles. The number of urea groups is 1. The number of aliphatic hydroxyl groups excluding tert-OH is 1. The average molecular weight is 516 g/mol. The summed E-state index contributed by atoms with van der Waals surface area (Å²) in [6.45, 7) is 4.32. The highest BCUT2D eigenvalue weighted by Crippen LogP contribution is 2.57. The number of morpholine rings is 1. The molecule has 2 aliphatic carbocycles. The van der Waals surface area contributed by atoms with E-state index >= 15 is 0 Å². The van der Waals surface area contributed by atoms with Gasteiger partial charge in [-0.1, -0.05) is 0 Å². The molecule has 194 valence electrons. The lowest BCUT2D eigenvalue weighted by Gasteiger charge is -2.34. The van der Waals surface area contributed by atoms with Crippen LogP contribution in [0.5, 0.6) is 0 Å². The summed E-state index contributed by atoms with van der Waals surface area (Å²) < 4.78 is 31.4. The fraction of sp³-hybridized carbons (Fsp3) is 0.560. The molecule has 1 atom stereocenters. The number of benzene rings is 1. The molecule has 0 unspecified atom stereocenters. The third-order valence-corrected chi connectivity index (χ3v) is 10.1. The lowest BCUT2D eigenvalue weighted by Crippen LogP contribution is -2.44. The molecule has 1 aromatic heterocycles. The summed E-state index contributed by atoms with van der Waals surface area (Å²) in [4.78, 5) is 23.8. The number of aromatic nitrogens is 2. The van der Waals surface area contributed by atoms with E-state index in [1.54, 1.807) is 12.1 Å². The highest BCUT2D eigenvalue weighted by atomic mass is 32.2. The molecule has 2 heterocycles. The van der Waals surface area contributed by atoms with Gasteiger partial charge in [-0.05, 0) is 63.3 Å². The first-order valence-electron chi connectivity index (χ1n) is 12.6. The number of anilines is 2. The van der Waals surface area contributed by atoms with Crippen LogP contribution in [0.3, 0.4) is 0 Å². The number of ether oxygens (including phenoxy) is 1. The second-order valence-corrected chi connectivity index (χ2v) is 12.4. The lowest BCUT2D eigenvalue weighted by atomic mass is 10.1. The van der Waals surface area contributed by atoms with E-state index in [-0.39, 0.29) is 23.9 Å². The Labute approximate surface area is 211 Å². The highest BCUT2D eigenvalue weighted by Gasteiger charge is 2.61. The number of hydrogen-bond donors (Lipinski definition) is 3. The Morgan fingerprint density at radius 3 is 2.61 bits per heavy atom. The number of rotatable bonds is 9. The van der Waals surface area contributed by atoms with Crippen LogP contribution in [0.1, 0.15) is 44.7 Å². The molecular formula is C25H33N5O5S. The van der Waals surface area contributed by atoms with Gasteiger partial charge in [0.05, 0.1) is 30.2 Å². The lowest BCUT2D eigenvalue weighted by molar-refractivity contribution is 0.0985. The first kappa shape index (κ1) is 24.9. The van der Waals surface area contributed by atoms with Crippen molar-refractivity contribution in [3.05, 3.63) is 36.0 Å². The second kappa shape index (κ2) is 9.95. The topological polar surface area (TPSA) is 134 Å². The number of sulfone groups is 1. The van der Waals surface area contributed by atoms with E-state index in [2.05, 4.69) is 22.5 Å². The molecule has 0 spiro atoms. The van der Waals surface area contributed by atoms with E-state index in [9.17, 15) is 13.2 Å². The summed E-state index contributed by atoms with van der Waals surface area (Å²) in [7, 11) is -3.30. The zero-order valence-corrected chi connectivity index (χ0v) is 21.3. The van der Waals surface area contributed by atoms with Crippen LogP contribution < -0.4 is 15.5 Å². The number of aliphatic hydroxyl groups is 1. The Kier molecular flexibility index (Phi) is 6.88. The van der Waals surface area contributed by atoms with Crippen molar-refractivity contribution in [3.8, 4) is 11.4 Å². The van der Waals surface area contributed by atoms with Crippen LogP contribution in [0.4, 0.5) is 16.3 Å². The van der Waals surface area contributed by atoms with Crippen molar-refractivity contribution in [3.63, 3.8) is 0 Å². The van der Waals surface area contributed by atoms with Crippen LogP contribution in [0.2, 0.25) is 0 Å². The summed E-state index contributed by atoms with van der Waals surface area (Å²) in [6, 6.07) is 8.81. The molecule has 3 fully saturated rings. The molecule has 2 saturated carbocycles. The minimum Gasteiger partial charge on any atom is -0.396 e. The molecule has 36 heavy (non-hydrogen) atoms. The summed E-state index contributed by atoms with van der Waals surface area (Å²) in [5, 5.41) is 14.0. The second-order valence-electron chi connectivity index (χ2n) is 9.83. The summed E-state index contributed by atoms with van der Waals surface area (Å²) in [5.41, 5.74) is 1.93. The summed E-state index contributed by atoms with van der Waals surface area (Å²) in [6.07, 6.45) is 3.14. The number of carbonyl (C=O) groups is 1. The molecule has 10 nitrogen and oxygen atoms in total. The first-order valence-corrected chi connectivity index (χ1v) is 14.1. The smallest absolute Gasteiger partial charge is 0.319 e. The fourth-order valence-electron chi connectivity index (χ4n) is 4.67. The van der Waals surface area contributed by atoms with Crippen molar-refractivity contribution >= 4 is 27.4 Å². The van der Waals surface area contributed by atoms with Crippen LogP contribution in [-0.4, -0.2) is 73.7 Å². The van der Waals surface area contributed by atoms with Gasteiger partial charge in [0.15, 0.2) is 15.7 Å². The van der Waals surface area contributed by atoms with Gasteiger partial charge in [0.1, 0.15) is 10.6 Å². The van der Waals surface area contributed by atoms with E-state index in [0.717, 1.165) is 18.4 Å². The summed E-state index contributed by atoms with van der Waals surface area (Å²) in [5.74, 6) is 1.19. The van der Waals surface area contributed by atoms with Gasteiger partial charge in [0.2, 0.25) is 0 Å². The predicted molar refractivity (Wildman–Crippen MR) is 137 cm³/mol. The molecule has 1 saturated heterocycles. The third kappa shape index (κ3) is 4.91. The Hall–Kier alpha value is -2.76. The van der Waals surface area contributed by atoms with Crippen LogP contribution in [0.15, 0.2) is 30.3 Å². The van der Waals surface area contributed by atoms with Gasteiger partial charge in [-0.3, -0.25) is 0 Å². The van der Waals surface area contributed by atoms with Crippen molar-refractivity contribution in [2.75, 3.05) is 43.1 Å². The monoisotopic (exact) mass is 515 g/mol. The van der Waals surface area contributed by atoms with Crippen molar-refractivity contribution in [2.24, 2.45) is 0 Å². The van der Waals surface area contributed by atoms with Crippen LogP contribution >= 0.6 is 0 Å². The Morgan fingerprint density at radius 1 is 1.22 bits per heavy atom. The average Bonchev–Trinajstić information content (AvgIpc) is 3.78. The standard InChI is InChI=1S/C25H33N5O5S/c1-17-16-35-14-12-30(17)22-15-21(25(9-10-25)36(33,34)20-7-8-20)28-23(29-22)18-3-5-19(6-4-18)27-24(32)26-11-2-13-31/h3-6,15,17,20,31H,2,7-14,16H2,1H3,(H2,26,27,32)/t17-/m0/s1. The van der Waals surface area contributed by atoms with Crippen LogP contribution in [-0.2, 0) is 19.3 Å². The molecule has 0 radical (unpaired) electrons. The Balaban J connectivity index is 1.45. The molecule has 3 N–H and O–H groups in total. The molecule has 5 rings (SSSR count). The predicted octanol–water partition coefficient (Wildman–Crippen LogP) is 2.44. The van der Waals surface area contributed by atoms with E-state index < -0.39 is 14.6 Å². The summed E-state index contributed by atoms with van der Waals surface area (Å²) >= 11 is 0. The number of hydrogen-bond acceptors (Lipinski definition) is 8. The zero-order chi connectivity index (χ0) is 25.3. The van der Waals surface area contributed by atoms with Crippen molar-refractivity contribution in [1.29, 1.82) is 0 Å². The number of carbonyl (C=O) groups excluding carboxylic acids is 1. The van der Waals surface area contributed by atoms with Crippen LogP contribution in [0, 0.1) is 0 Å². The SMILES string of the molecule is C[C@H]1COCCN1c1cc(C2(S(=O)(=O)C3CC3)CC2)nc(-c2ccc(NC(=O)NCCCO)cc2)n1.